The molecule has 0 amide bonds. The molecule has 0 unspecified atom stereocenters. The fourth-order valence-corrected chi connectivity index (χ4v) is 2.67. The highest BCUT2D eigenvalue weighted by molar-refractivity contribution is 7.13. The summed E-state index contributed by atoms with van der Waals surface area (Å²) >= 11 is 1.46. The summed E-state index contributed by atoms with van der Waals surface area (Å²) in [4.78, 5) is 4.33. The number of benzene rings is 1. The second kappa shape index (κ2) is 7.90. The van der Waals surface area contributed by atoms with Gasteiger partial charge in [-0.2, -0.15) is 0 Å². The van der Waals surface area contributed by atoms with E-state index in [0.29, 0.717) is 5.13 Å². The van der Waals surface area contributed by atoms with Gasteiger partial charge in [0.25, 0.3) is 0 Å². The normalized spacial score (nSPS) is 10.7. The summed E-state index contributed by atoms with van der Waals surface area (Å²) in [5.74, 6) is 0.897. The first-order valence-corrected chi connectivity index (χ1v) is 8.12. The maximum Gasteiger partial charge on any atom is 0.180 e. The zero-order chi connectivity index (χ0) is 14.2. The number of aromatic nitrogens is 1. The second-order valence-corrected chi connectivity index (χ2v) is 5.72. The van der Waals surface area contributed by atoms with Crippen LogP contribution in [0.3, 0.4) is 0 Å². The average molecular weight is 290 g/mol. The van der Waals surface area contributed by atoms with Gasteiger partial charge in [-0.25, -0.2) is 4.98 Å². The quantitative estimate of drug-likeness (QED) is 0.714. The van der Waals surface area contributed by atoms with Crippen LogP contribution in [0.4, 0.5) is 5.13 Å². The van der Waals surface area contributed by atoms with Crippen molar-refractivity contribution >= 4 is 16.5 Å². The van der Waals surface area contributed by atoms with Crippen molar-refractivity contribution < 1.29 is 4.74 Å². The molecular formula is C16H22N2OS. The van der Waals surface area contributed by atoms with Gasteiger partial charge < -0.3 is 10.5 Å². The van der Waals surface area contributed by atoms with Crippen LogP contribution in [0, 0.1) is 0 Å². The van der Waals surface area contributed by atoms with E-state index >= 15 is 0 Å². The smallest absolute Gasteiger partial charge is 0.180 e. The number of nitrogen functional groups attached to an aromatic ring is 1. The van der Waals surface area contributed by atoms with Gasteiger partial charge in [0.15, 0.2) is 5.13 Å². The number of para-hydroxylation sites is 1. The average Bonchev–Trinajstić information content (AvgIpc) is 2.89. The Hall–Kier alpha value is -1.55. The van der Waals surface area contributed by atoms with Crippen LogP contribution in [0.1, 0.15) is 39.0 Å². The van der Waals surface area contributed by atoms with Gasteiger partial charge >= 0.3 is 0 Å². The fourth-order valence-electron chi connectivity index (χ4n) is 2.10. The molecule has 2 aromatic rings. The Labute approximate surface area is 124 Å². The summed E-state index contributed by atoms with van der Waals surface area (Å²) in [6, 6.07) is 8.02. The van der Waals surface area contributed by atoms with E-state index < -0.39 is 0 Å². The third kappa shape index (κ3) is 4.23. The monoisotopic (exact) mass is 290 g/mol. The zero-order valence-electron chi connectivity index (χ0n) is 12.0. The number of ether oxygens (including phenoxy) is 1. The molecular weight excluding hydrogens is 268 g/mol. The molecule has 0 fully saturated rings. The number of rotatable bonds is 8. The highest BCUT2D eigenvalue weighted by Gasteiger charge is 2.08. The van der Waals surface area contributed by atoms with Gasteiger partial charge in [0.1, 0.15) is 5.75 Å². The van der Waals surface area contributed by atoms with E-state index in [9.17, 15) is 0 Å². The summed E-state index contributed by atoms with van der Waals surface area (Å²) in [5, 5.41) is 2.56. The Bertz CT molecular complexity index is 525. The Morgan fingerprint density at radius 2 is 1.95 bits per heavy atom. The number of unbranched alkanes of at least 4 members (excludes halogenated alkanes) is 4. The first kappa shape index (κ1) is 14.9. The molecule has 0 spiro atoms. The van der Waals surface area contributed by atoms with Gasteiger partial charge in [0.2, 0.25) is 0 Å². The van der Waals surface area contributed by atoms with Crippen LogP contribution >= 0.6 is 11.3 Å². The number of nitrogens with zero attached hydrogens (tertiary/aromatic N) is 1. The molecule has 0 aliphatic carbocycles. The molecule has 2 N–H and O–H groups in total. The van der Waals surface area contributed by atoms with E-state index in [1.165, 1.54) is 37.0 Å². The van der Waals surface area contributed by atoms with Crippen molar-refractivity contribution in [3.63, 3.8) is 0 Å². The van der Waals surface area contributed by atoms with Crippen LogP contribution in [0.15, 0.2) is 29.6 Å². The third-order valence-electron chi connectivity index (χ3n) is 3.19. The predicted octanol–water partition coefficient (Wildman–Crippen LogP) is 4.74. The van der Waals surface area contributed by atoms with Crippen LogP contribution in [0.5, 0.6) is 5.75 Å². The van der Waals surface area contributed by atoms with Crippen molar-refractivity contribution in [3.05, 3.63) is 29.6 Å². The van der Waals surface area contributed by atoms with Crippen LogP contribution in [0.25, 0.3) is 11.3 Å². The minimum Gasteiger partial charge on any atom is -0.493 e. The van der Waals surface area contributed by atoms with Crippen molar-refractivity contribution in [2.75, 3.05) is 12.3 Å². The minimum absolute atomic E-state index is 0.592. The fraction of sp³-hybridized carbons (Fsp3) is 0.438. The molecule has 0 bridgehead atoms. The van der Waals surface area contributed by atoms with E-state index in [0.717, 1.165) is 30.0 Å². The second-order valence-electron chi connectivity index (χ2n) is 4.83. The highest BCUT2D eigenvalue weighted by Crippen LogP contribution is 2.31. The number of hydrogen-bond donors (Lipinski definition) is 1. The SMILES string of the molecule is CCCCCCCOc1ccccc1-c1csc(N)n1. The lowest BCUT2D eigenvalue weighted by Gasteiger charge is -2.10. The molecule has 2 rings (SSSR count). The lowest BCUT2D eigenvalue weighted by Crippen LogP contribution is -1.99. The van der Waals surface area contributed by atoms with E-state index in [2.05, 4.69) is 11.9 Å². The van der Waals surface area contributed by atoms with E-state index in [4.69, 9.17) is 10.5 Å². The number of anilines is 1. The Morgan fingerprint density at radius 3 is 2.70 bits per heavy atom. The van der Waals surface area contributed by atoms with Crippen LogP contribution < -0.4 is 10.5 Å². The summed E-state index contributed by atoms with van der Waals surface area (Å²) in [5.41, 5.74) is 7.62. The van der Waals surface area contributed by atoms with Crippen molar-refractivity contribution in [2.24, 2.45) is 0 Å². The minimum atomic E-state index is 0.592. The standard InChI is InChI=1S/C16H22N2OS/c1-2-3-4-5-8-11-19-15-10-7-6-9-13(15)14-12-20-16(17)18-14/h6-7,9-10,12H,2-5,8,11H2,1H3,(H2,17,18). The summed E-state index contributed by atoms with van der Waals surface area (Å²) in [7, 11) is 0. The molecule has 0 saturated heterocycles. The molecule has 0 aliphatic heterocycles. The molecule has 0 atom stereocenters. The number of nitrogens with two attached hydrogens (primary N) is 1. The molecule has 0 radical (unpaired) electrons. The molecule has 1 aromatic carbocycles. The van der Waals surface area contributed by atoms with Gasteiger partial charge in [-0.1, -0.05) is 44.7 Å². The highest BCUT2D eigenvalue weighted by atomic mass is 32.1. The predicted molar refractivity (Wildman–Crippen MR) is 86.2 cm³/mol. The maximum absolute atomic E-state index is 5.90. The topological polar surface area (TPSA) is 48.1 Å². The zero-order valence-corrected chi connectivity index (χ0v) is 12.8. The molecule has 3 nitrogen and oxygen atoms in total. The van der Waals surface area contributed by atoms with Crippen LogP contribution in [-0.4, -0.2) is 11.6 Å². The van der Waals surface area contributed by atoms with E-state index in [1.807, 2.05) is 29.6 Å². The lowest BCUT2D eigenvalue weighted by molar-refractivity contribution is 0.305. The van der Waals surface area contributed by atoms with Gasteiger partial charge in [0, 0.05) is 10.9 Å². The summed E-state index contributed by atoms with van der Waals surface area (Å²) in [6.07, 6.45) is 6.22. The lowest BCUT2D eigenvalue weighted by atomic mass is 10.1. The van der Waals surface area contributed by atoms with Gasteiger partial charge in [-0.3, -0.25) is 0 Å². The van der Waals surface area contributed by atoms with Crippen molar-refractivity contribution in [2.45, 2.75) is 39.0 Å². The molecule has 4 heteroatoms. The Morgan fingerprint density at radius 1 is 1.15 bits per heavy atom. The molecule has 0 aliphatic rings. The van der Waals surface area contributed by atoms with Crippen molar-refractivity contribution in [1.29, 1.82) is 0 Å². The third-order valence-corrected chi connectivity index (χ3v) is 3.86. The molecule has 1 heterocycles. The maximum atomic E-state index is 5.90. The first-order valence-electron chi connectivity index (χ1n) is 7.24. The summed E-state index contributed by atoms with van der Waals surface area (Å²) in [6.45, 7) is 2.99. The first-order chi connectivity index (χ1) is 9.81. The molecule has 108 valence electrons. The molecule has 1 aromatic heterocycles. The Balaban J connectivity index is 1.91. The van der Waals surface area contributed by atoms with Gasteiger partial charge in [0.05, 0.1) is 12.3 Å². The van der Waals surface area contributed by atoms with Crippen molar-refractivity contribution in [1.82, 2.24) is 4.98 Å². The van der Waals surface area contributed by atoms with Gasteiger partial charge in [-0.05, 0) is 18.6 Å². The van der Waals surface area contributed by atoms with E-state index in [-0.39, 0.29) is 0 Å². The largest absolute Gasteiger partial charge is 0.493 e. The number of hydrogen-bond acceptors (Lipinski definition) is 4. The van der Waals surface area contributed by atoms with Crippen LogP contribution in [0.2, 0.25) is 0 Å². The number of thiazole rings is 1. The Kier molecular flexibility index (Phi) is 5.87. The molecule has 0 saturated carbocycles. The summed E-state index contributed by atoms with van der Waals surface area (Å²) < 4.78 is 5.90. The van der Waals surface area contributed by atoms with Crippen molar-refractivity contribution in [3.8, 4) is 17.0 Å². The van der Waals surface area contributed by atoms with Gasteiger partial charge in [-0.15, -0.1) is 11.3 Å². The van der Waals surface area contributed by atoms with E-state index in [1.54, 1.807) is 0 Å². The molecule has 20 heavy (non-hydrogen) atoms. The van der Waals surface area contributed by atoms with Crippen LogP contribution in [-0.2, 0) is 0 Å².